The van der Waals surface area contributed by atoms with Crippen LogP contribution in [0.15, 0.2) is 54.6 Å². The second-order valence-electron chi connectivity index (χ2n) is 5.25. The number of carbonyl (C=O) groups is 1. The Bertz CT molecular complexity index is 839. The molecule has 4 heteroatoms. The summed E-state index contributed by atoms with van der Waals surface area (Å²) in [5.41, 5.74) is 1.74. The standard InChI is InChI=1S/C22H20O4/c1-4-15-26-21-14-9-18(16-22(21)25-3)6-11-19(23)10-5-17-7-12-20(24-2)13-8-17/h1,5-14,16H,15H2,2-3H3/b10-5+,11-6+. The van der Waals surface area contributed by atoms with Crippen molar-refractivity contribution in [3.8, 4) is 29.6 Å². The van der Waals surface area contributed by atoms with E-state index in [-0.39, 0.29) is 12.4 Å². The van der Waals surface area contributed by atoms with Crippen LogP contribution in [0.1, 0.15) is 11.1 Å². The summed E-state index contributed by atoms with van der Waals surface area (Å²) in [4.78, 5) is 12.0. The van der Waals surface area contributed by atoms with Gasteiger partial charge in [-0.3, -0.25) is 4.79 Å². The zero-order chi connectivity index (χ0) is 18.8. The summed E-state index contributed by atoms with van der Waals surface area (Å²) >= 11 is 0. The minimum atomic E-state index is -0.118. The van der Waals surface area contributed by atoms with E-state index >= 15 is 0 Å². The highest BCUT2D eigenvalue weighted by Gasteiger charge is 2.04. The third-order valence-corrected chi connectivity index (χ3v) is 3.49. The minimum Gasteiger partial charge on any atom is -0.497 e. The molecule has 0 radical (unpaired) electrons. The van der Waals surface area contributed by atoms with E-state index in [2.05, 4.69) is 5.92 Å². The number of ether oxygens (including phenoxy) is 3. The highest BCUT2D eigenvalue weighted by atomic mass is 16.5. The Morgan fingerprint density at radius 3 is 2.23 bits per heavy atom. The van der Waals surface area contributed by atoms with Crippen molar-refractivity contribution in [2.24, 2.45) is 0 Å². The number of methoxy groups -OCH3 is 2. The number of carbonyl (C=O) groups excluding carboxylic acids is 1. The van der Waals surface area contributed by atoms with Gasteiger partial charge >= 0.3 is 0 Å². The van der Waals surface area contributed by atoms with E-state index in [1.54, 1.807) is 38.5 Å². The van der Waals surface area contributed by atoms with Gasteiger partial charge in [-0.2, -0.15) is 0 Å². The molecular weight excluding hydrogens is 328 g/mol. The molecule has 0 aliphatic rings. The lowest BCUT2D eigenvalue weighted by molar-refractivity contribution is -0.110. The Morgan fingerprint density at radius 2 is 1.62 bits per heavy atom. The second kappa shape index (κ2) is 9.75. The quantitative estimate of drug-likeness (QED) is 0.534. The maximum Gasteiger partial charge on any atom is 0.178 e. The van der Waals surface area contributed by atoms with Crippen LogP contribution in [0.2, 0.25) is 0 Å². The van der Waals surface area contributed by atoms with E-state index in [0.717, 1.165) is 16.9 Å². The van der Waals surface area contributed by atoms with Crippen molar-refractivity contribution in [3.63, 3.8) is 0 Å². The molecule has 2 aromatic rings. The van der Waals surface area contributed by atoms with Gasteiger partial charge in [-0.1, -0.05) is 36.3 Å². The van der Waals surface area contributed by atoms with Gasteiger partial charge in [0.25, 0.3) is 0 Å². The summed E-state index contributed by atoms with van der Waals surface area (Å²) in [5.74, 6) is 4.18. The molecule has 0 aliphatic carbocycles. The Labute approximate surface area is 153 Å². The number of benzene rings is 2. The lowest BCUT2D eigenvalue weighted by atomic mass is 10.1. The van der Waals surface area contributed by atoms with Gasteiger partial charge in [-0.15, -0.1) is 6.42 Å². The van der Waals surface area contributed by atoms with E-state index < -0.39 is 0 Å². The fourth-order valence-corrected chi connectivity index (χ4v) is 2.15. The zero-order valence-electron chi connectivity index (χ0n) is 14.8. The molecule has 0 amide bonds. The van der Waals surface area contributed by atoms with Crippen LogP contribution in [0.25, 0.3) is 12.2 Å². The van der Waals surface area contributed by atoms with E-state index in [0.29, 0.717) is 11.5 Å². The molecule has 2 rings (SSSR count). The van der Waals surface area contributed by atoms with Crippen LogP contribution in [-0.4, -0.2) is 26.6 Å². The van der Waals surface area contributed by atoms with Crippen LogP contribution >= 0.6 is 0 Å². The van der Waals surface area contributed by atoms with Crippen molar-refractivity contribution >= 4 is 17.9 Å². The first-order valence-electron chi connectivity index (χ1n) is 7.94. The summed E-state index contributed by atoms with van der Waals surface area (Å²) in [6, 6.07) is 12.8. The predicted molar refractivity (Wildman–Crippen MR) is 103 cm³/mol. The highest BCUT2D eigenvalue weighted by molar-refractivity contribution is 6.04. The fourth-order valence-electron chi connectivity index (χ4n) is 2.15. The third-order valence-electron chi connectivity index (χ3n) is 3.49. The molecule has 26 heavy (non-hydrogen) atoms. The van der Waals surface area contributed by atoms with Crippen molar-refractivity contribution in [2.75, 3.05) is 20.8 Å². The molecular formula is C22H20O4. The molecule has 0 aliphatic heterocycles. The molecule has 4 nitrogen and oxygen atoms in total. The molecule has 0 fully saturated rings. The molecule has 0 unspecified atom stereocenters. The normalized spacial score (nSPS) is 10.7. The van der Waals surface area contributed by atoms with Crippen molar-refractivity contribution in [3.05, 3.63) is 65.7 Å². The second-order valence-corrected chi connectivity index (χ2v) is 5.25. The summed E-state index contributed by atoms with van der Waals surface area (Å²) in [6.45, 7) is 0.167. The van der Waals surface area contributed by atoms with E-state index in [4.69, 9.17) is 20.6 Å². The van der Waals surface area contributed by atoms with Gasteiger partial charge in [0.1, 0.15) is 12.4 Å². The topological polar surface area (TPSA) is 44.8 Å². The SMILES string of the molecule is C#CCOc1ccc(/C=C/C(=O)/C=C/c2ccc(OC)cc2)cc1OC. The van der Waals surface area contributed by atoms with E-state index in [9.17, 15) is 4.79 Å². The van der Waals surface area contributed by atoms with E-state index in [1.807, 2.05) is 30.3 Å². The molecule has 0 saturated carbocycles. The van der Waals surface area contributed by atoms with Crippen LogP contribution < -0.4 is 14.2 Å². The lowest BCUT2D eigenvalue weighted by Gasteiger charge is -2.09. The molecule has 132 valence electrons. The molecule has 2 aromatic carbocycles. The first-order valence-corrected chi connectivity index (χ1v) is 7.94. The third kappa shape index (κ3) is 5.57. The van der Waals surface area contributed by atoms with Gasteiger partial charge in [0.2, 0.25) is 0 Å². The number of hydrogen-bond acceptors (Lipinski definition) is 4. The molecule has 0 N–H and O–H groups in total. The predicted octanol–water partition coefficient (Wildman–Crippen LogP) is 4.01. The highest BCUT2D eigenvalue weighted by Crippen LogP contribution is 2.28. The number of allylic oxidation sites excluding steroid dienone is 2. The van der Waals surface area contributed by atoms with Gasteiger partial charge in [0.05, 0.1) is 14.2 Å². The molecule has 0 bridgehead atoms. The molecule has 0 aromatic heterocycles. The summed E-state index contributed by atoms with van der Waals surface area (Å²) in [5, 5.41) is 0. The molecule has 0 saturated heterocycles. The minimum absolute atomic E-state index is 0.118. The first-order chi connectivity index (χ1) is 12.7. The van der Waals surface area contributed by atoms with Gasteiger partial charge in [-0.05, 0) is 47.5 Å². The van der Waals surface area contributed by atoms with Crippen LogP contribution in [0.5, 0.6) is 17.2 Å². The van der Waals surface area contributed by atoms with Crippen LogP contribution in [0, 0.1) is 12.3 Å². The maximum absolute atomic E-state index is 12.0. The zero-order valence-corrected chi connectivity index (χ0v) is 14.8. The van der Waals surface area contributed by atoms with Crippen molar-refractivity contribution < 1.29 is 19.0 Å². The van der Waals surface area contributed by atoms with Crippen LogP contribution in [0.4, 0.5) is 0 Å². The maximum atomic E-state index is 12.0. The Kier molecular flexibility index (Phi) is 7.08. The lowest BCUT2D eigenvalue weighted by Crippen LogP contribution is -1.96. The van der Waals surface area contributed by atoms with Crippen molar-refractivity contribution in [2.45, 2.75) is 0 Å². The van der Waals surface area contributed by atoms with Crippen LogP contribution in [0.3, 0.4) is 0 Å². The Balaban J connectivity index is 2.02. The summed E-state index contributed by atoms with van der Waals surface area (Å²) < 4.78 is 15.8. The van der Waals surface area contributed by atoms with Gasteiger partial charge in [-0.25, -0.2) is 0 Å². The number of ketones is 1. The average molecular weight is 348 g/mol. The Morgan fingerprint density at radius 1 is 0.962 bits per heavy atom. The van der Waals surface area contributed by atoms with Gasteiger partial charge in [0.15, 0.2) is 17.3 Å². The number of hydrogen-bond donors (Lipinski definition) is 0. The molecule has 0 heterocycles. The van der Waals surface area contributed by atoms with E-state index in [1.165, 1.54) is 12.2 Å². The van der Waals surface area contributed by atoms with Gasteiger partial charge in [0, 0.05) is 0 Å². The molecule has 0 spiro atoms. The monoisotopic (exact) mass is 348 g/mol. The average Bonchev–Trinajstić information content (AvgIpc) is 2.69. The fraction of sp³-hybridized carbons (Fsp3) is 0.136. The number of rotatable bonds is 8. The van der Waals surface area contributed by atoms with Crippen molar-refractivity contribution in [1.29, 1.82) is 0 Å². The summed E-state index contributed by atoms with van der Waals surface area (Å²) in [7, 11) is 3.16. The smallest absolute Gasteiger partial charge is 0.178 e. The van der Waals surface area contributed by atoms with Crippen molar-refractivity contribution in [1.82, 2.24) is 0 Å². The van der Waals surface area contributed by atoms with Gasteiger partial charge < -0.3 is 14.2 Å². The number of terminal acetylenes is 1. The Hall–Kier alpha value is -3.45. The first kappa shape index (κ1) is 18.9. The largest absolute Gasteiger partial charge is 0.497 e. The van der Waals surface area contributed by atoms with Crippen LogP contribution in [-0.2, 0) is 4.79 Å². The molecule has 0 atom stereocenters. The summed E-state index contributed by atoms with van der Waals surface area (Å²) in [6.07, 6.45) is 11.7.